The van der Waals surface area contributed by atoms with Gasteiger partial charge in [0, 0.05) is 6.07 Å². The highest BCUT2D eigenvalue weighted by molar-refractivity contribution is 9.09. The molecule has 0 saturated heterocycles. The van der Waals surface area contributed by atoms with Crippen molar-refractivity contribution in [1.82, 2.24) is 5.32 Å². The van der Waals surface area contributed by atoms with Gasteiger partial charge >= 0.3 is 0 Å². The molecular formula is C12H15BrClNO3. The number of alkyl halides is 1. The molecule has 0 heterocycles. The average Bonchev–Trinajstić information content (AvgIpc) is 2.38. The highest BCUT2D eigenvalue weighted by atomic mass is 79.9. The van der Waals surface area contributed by atoms with Gasteiger partial charge in [-0.2, -0.15) is 0 Å². The molecule has 100 valence electrons. The Bertz CT molecular complexity index is 414. The normalized spacial score (nSPS) is 11.8. The van der Waals surface area contributed by atoms with Crippen molar-refractivity contribution in [3.8, 4) is 11.5 Å². The molecule has 1 atom stereocenters. The molecule has 1 unspecified atom stereocenters. The first-order chi connectivity index (χ1) is 8.56. The largest absolute Gasteiger partial charge is 0.497 e. The van der Waals surface area contributed by atoms with Crippen molar-refractivity contribution in [1.29, 1.82) is 0 Å². The smallest absolute Gasteiger partial charge is 0.230 e. The quantitative estimate of drug-likeness (QED) is 0.812. The zero-order chi connectivity index (χ0) is 13.5. The van der Waals surface area contributed by atoms with E-state index < -0.39 is 0 Å². The predicted octanol–water partition coefficient (Wildman–Crippen LogP) is 2.63. The Labute approximate surface area is 120 Å². The van der Waals surface area contributed by atoms with Gasteiger partial charge in [0.05, 0.1) is 24.0 Å². The van der Waals surface area contributed by atoms with Crippen LogP contribution >= 0.6 is 27.5 Å². The Morgan fingerprint density at radius 3 is 2.83 bits per heavy atom. The topological polar surface area (TPSA) is 47.6 Å². The van der Waals surface area contributed by atoms with E-state index in [2.05, 4.69) is 21.2 Å². The van der Waals surface area contributed by atoms with Crippen LogP contribution in [-0.2, 0) is 4.79 Å². The number of amides is 1. The Morgan fingerprint density at radius 1 is 1.56 bits per heavy atom. The second-order valence-corrected chi connectivity index (χ2v) is 4.63. The Kier molecular flexibility index (Phi) is 6.29. The van der Waals surface area contributed by atoms with Gasteiger partial charge in [-0.1, -0.05) is 27.5 Å². The second kappa shape index (κ2) is 7.48. The second-order valence-electron chi connectivity index (χ2n) is 3.66. The maximum Gasteiger partial charge on any atom is 0.230 e. The Balaban J connectivity index is 2.53. The molecule has 1 N–H and O–H groups in total. The molecule has 0 aliphatic rings. The molecule has 1 aromatic rings. The van der Waals surface area contributed by atoms with Gasteiger partial charge in [0.15, 0.2) is 0 Å². The lowest BCUT2D eigenvalue weighted by atomic mass is 10.3. The highest BCUT2D eigenvalue weighted by Gasteiger charge is 2.09. The van der Waals surface area contributed by atoms with E-state index in [-0.39, 0.29) is 17.3 Å². The monoisotopic (exact) mass is 335 g/mol. The van der Waals surface area contributed by atoms with E-state index in [1.54, 1.807) is 25.3 Å². The highest BCUT2D eigenvalue weighted by Crippen LogP contribution is 2.29. The Hall–Kier alpha value is -0.940. The molecule has 1 aromatic carbocycles. The van der Waals surface area contributed by atoms with Crippen LogP contribution in [0.1, 0.15) is 6.92 Å². The first-order valence-corrected chi connectivity index (χ1v) is 6.89. The van der Waals surface area contributed by atoms with Crippen molar-refractivity contribution in [2.75, 3.05) is 19.0 Å². The van der Waals surface area contributed by atoms with E-state index in [0.29, 0.717) is 23.1 Å². The van der Waals surface area contributed by atoms with Crippen LogP contribution < -0.4 is 14.8 Å². The van der Waals surface area contributed by atoms with Crippen LogP contribution in [0.5, 0.6) is 11.5 Å². The first kappa shape index (κ1) is 15.1. The number of ether oxygens (including phenoxy) is 2. The molecule has 0 aliphatic carbocycles. The molecule has 0 aromatic heterocycles. The zero-order valence-electron chi connectivity index (χ0n) is 10.2. The van der Waals surface area contributed by atoms with Crippen molar-refractivity contribution in [2.45, 2.75) is 13.0 Å². The molecule has 1 rings (SSSR count). The fourth-order valence-corrected chi connectivity index (χ4v) is 1.68. The van der Waals surface area contributed by atoms with E-state index in [1.165, 1.54) is 0 Å². The molecule has 1 amide bonds. The summed E-state index contributed by atoms with van der Waals surface area (Å²) < 4.78 is 10.7. The third-order valence-electron chi connectivity index (χ3n) is 2.18. The molecule has 0 radical (unpaired) electrons. The third-order valence-corrected chi connectivity index (χ3v) is 2.98. The summed E-state index contributed by atoms with van der Waals surface area (Å²) in [6, 6.07) is 5.19. The molecule has 4 nitrogen and oxygen atoms in total. The SMILES string of the molecule is COc1ccc(OC(C)CNC(=O)CBr)c(Cl)c1. The number of carbonyl (C=O) groups is 1. The van der Waals surface area contributed by atoms with Crippen molar-refractivity contribution >= 4 is 33.4 Å². The van der Waals surface area contributed by atoms with Gasteiger partial charge < -0.3 is 14.8 Å². The number of hydrogen-bond donors (Lipinski definition) is 1. The van der Waals surface area contributed by atoms with Gasteiger partial charge in [0.25, 0.3) is 0 Å². The molecule has 0 spiro atoms. The molecule has 0 bridgehead atoms. The summed E-state index contributed by atoms with van der Waals surface area (Å²) in [6.45, 7) is 2.28. The van der Waals surface area contributed by atoms with Gasteiger partial charge in [0.2, 0.25) is 5.91 Å². The van der Waals surface area contributed by atoms with Crippen molar-refractivity contribution < 1.29 is 14.3 Å². The summed E-state index contributed by atoms with van der Waals surface area (Å²) in [7, 11) is 1.57. The van der Waals surface area contributed by atoms with E-state index >= 15 is 0 Å². The summed E-state index contributed by atoms with van der Waals surface area (Å²) >= 11 is 9.11. The van der Waals surface area contributed by atoms with E-state index in [4.69, 9.17) is 21.1 Å². The zero-order valence-corrected chi connectivity index (χ0v) is 12.5. The van der Waals surface area contributed by atoms with Crippen molar-refractivity contribution in [3.05, 3.63) is 23.2 Å². The molecular weight excluding hydrogens is 321 g/mol. The summed E-state index contributed by atoms with van der Waals surface area (Å²) in [4.78, 5) is 11.1. The van der Waals surface area contributed by atoms with Crippen LogP contribution in [0.25, 0.3) is 0 Å². The van der Waals surface area contributed by atoms with Gasteiger partial charge in [-0.25, -0.2) is 0 Å². The minimum atomic E-state index is -0.168. The fraction of sp³-hybridized carbons (Fsp3) is 0.417. The van der Waals surface area contributed by atoms with Gasteiger partial charge in [-0.3, -0.25) is 4.79 Å². The van der Waals surface area contributed by atoms with Crippen LogP contribution in [0.2, 0.25) is 5.02 Å². The minimum Gasteiger partial charge on any atom is -0.497 e. The molecule has 0 saturated carbocycles. The minimum absolute atomic E-state index is 0.0775. The third kappa shape index (κ3) is 4.74. The number of methoxy groups -OCH3 is 1. The maximum atomic E-state index is 11.1. The number of nitrogens with one attached hydrogen (secondary N) is 1. The summed E-state index contributed by atoms with van der Waals surface area (Å²) in [5, 5.41) is 3.48. The molecule has 0 fully saturated rings. The van der Waals surface area contributed by atoms with Crippen LogP contribution in [0.3, 0.4) is 0 Å². The fourth-order valence-electron chi connectivity index (χ4n) is 1.27. The standard InChI is InChI=1S/C12H15BrClNO3/c1-8(7-15-12(16)6-13)18-11-4-3-9(17-2)5-10(11)14/h3-5,8H,6-7H2,1-2H3,(H,15,16). The lowest BCUT2D eigenvalue weighted by Gasteiger charge is -2.16. The summed E-state index contributed by atoms with van der Waals surface area (Å²) in [5.41, 5.74) is 0. The van der Waals surface area contributed by atoms with Gasteiger partial charge in [0.1, 0.15) is 17.6 Å². The number of halogens is 2. The van der Waals surface area contributed by atoms with Crippen LogP contribution in [0.4, 0.5) is 0 Å². The number of hydrogen-bond acceptors (Lipinski definition) is 3. The lowest BCUT2D eigenvalue weighted by molar-refractivity contribution is -0.118. The first-order valence-electron chi connectivity index (χ1n) is 5.39. The van der Waals surface area contributed by atoms with Gasteiger partial charge in [-0.05, 0) is 19.1 Å². The van der Waals surface area contributed by atoms with Crippen molar-refractivity contribution in [2.24, 2.45) is 0 Å². The van der Waals surface area contributed by atoms with Crippen LogP contribution in [0.15, 0.2) is 18.2 Å². The summed E-state index contributed by atoms with van der Waals surface area (Å²) in [6.07, 6.45) is -0.168. The lowest BCUT2D eigenvalue weighted by Crippen LogP contribution is -2.34. The maximum absolute atomic E-state index is 11.1. The van der Waals surface area contributed by atoms with E-state index in [1.807, 2.05) is 6.92 Å². The van der Waals surface area contributed by atoms with Crippen molar-refractivity contribution in [3.63, 3.8) is 0 Å². The van der Waals surface area contributed by atoms with E-state index in [0.717, 1.165) is 0 Å². The number of rotatable bonds is 6. The molecule has 18 heavy (non-hydrogen) atoms. The van der Waals surface area contributed by atoms with E-state index in [9.17, 15) is 4.79 Å². The Morgan fingerprint density at radius 2 is 2.28 bits per heavy atom. The van der Waals surface area contributed by atoms with Crippen LogP contribution in [0, 0.1) is 0 Å². The van der Waals surface area contributed by atoms with Crippen LogP contribution in [-0.4, -0.2) is 31.0 Å². The number of carbonyl (C=O) groups excluding carboxylic acids is 1. The molecule has 0 aliphatic heterocycles. The summed E-state index contributed by atoms with van der Waals surface area (Å²) in [5.74, 6) is 1.16. The molecule has 6 heteroatoms. The number of benzene rings is 1. The predicted molar refractivity (Wildman–Crippen MR) is 74.9 cm³/mol. The van der Waals surface area contributed by atoms with Gasteiger partial charge in [-0.15, -0.1) is 0 Å². The average molecular weight is 337 g/mol.